The Bertz CT molecular complexity index is 1120. The molecule has 6 heteroatoms. The van der Waals surface area contributed by atoms with Crippen molar-refractivity contribution in [2.75, 3.05) is 13.2 Å². The van der Waals surface area contributed by atoms with Crippen molar-refractivity contribution in [2.24, 2.45) is 0 Å². The van der Waals surface area contributed by atoms with Crippen molar-refractivity contribution >= 4 is 17.9 Å². The van der Waals surface area contributed by atoms with E-state index in [9.17, 15) is 14.4 Å². The molecule has 61 heavy (non-hydrogen) atoms. The highest BCUT2D eigenvalue weighted by Crippen LogP contribution is 2.14. The molecule has 6 nitrogen and oxygen atoms in total. The first kappa shape index (κ1) is 58.1. The summed E-state index contributed by atoms with van der Waals surface area (Å²) in [6.45, 7) is 6.48. The van der Waals surface area contributed by atoms with Crippen LogP contribution in [0.3, 0.4) is 0 Å². The van der Waals surface area contributed by atoms with Gasteiger partial charge in [0.05, 0.1) is 0 Å². The van der Waals surface area contributed by atoms with E-state index in [1.54, 1.807) is 0 Å². The van der Waals surface area contributed by atoms with Gasteiger partial charge >= 0.3 is 17.9 Å². The maximum atomic E-state index is 12.8. The normalized spacial score (nSPS) is 12.5. The van der Waals surface area contributed by atoms with Gasteiger partial charge in [-0.2, -0.15) is 0 Å². The van der Waals surface area contributed by atoms with Crippen LogP contribution in [0.4, 0.5) is 0 Å². The lowest BCUT2D eigenvalue weighted by molar-refractivity contribution is -0.167. The number of hydrogen-bond donors (Lipinski definition) is 0. The quantitative estimate of drug-likeness (QED) is 0.0263. The van der Waals surface area contributed by atoms with Crippen molar-refractivity contribution in [3.05, 3.63) is 60.8 Å². The van der Waals surface area contributed by atoms with Gasteiger partial charge in [-0.05, 0) is 83.5 Å². The molecule has 0 aliphatic heterocycles. The van der Waals surface area contributed by atoms with Crippen LogP contribution in [0.1, 0.15) is 252 Å². The average Bonchev–Trinajstić information content (AvgIpc) is 3.26. The van der Waals surface area contributed by atoms with Gasteiger partial charge in [0, 0.05) is 19.3 Å². The summed E-state index contributed by atoms with van der Waals surface area (Å²) in [6.07, 6.45) is 60.6. The molecule has 0 aliphatic rings. The molecule has 0 aliphatic carbocycles. The van der Waals surface area contributed by atoms with E-state index in [0.717, 1.165) is 109 Å². The lowest BCUT2D eigenvalue weighted by Crippen LogP contribution is -2.30. The van der Waals surface area contributed by atoms with Crippen LogP contribution in [-0.2, 0) is 28.6 Å². The molecule has 0 spiro atoms. The third kappa shape index (κ3) is 48.0. The van der Waals surface area contributed by atoms with Crippen LogP contribution >= 0.6 is 0 Å². The van der Waals surface area contributed by atoms with Crippen molar-refractivity contribution in [3.63, 3.8) is 0 Å². The van der Waals surface area contributed by atoms with Crippen molar-refractivity contribution in [2.45, 2.75) is 258 Å². The van der Waals surface area contributed by atoms with Gasteiger partial charge in [-0.3, -0.25) is 14.4 Å². The van der Waals surface area contributed by atoms with E-state index < -0.39 is 6.10 Å². The molecule has 0 saturated heterocycles. The molecule has 0 rings (SSSR count). The number of carbonyl (C=O) groups is 3. The summed E-state index contributed by atoms with van der Waals surface area (Å²) in [5.74, 6) is -0.905. The lowest BCUT2D eigenvalue weighted by atomic mass is 10.1. The molecule has 0 aromatic rings. The highest BCUT2D eigenvalue weighted by atomic mass is 16.6. The number of esters is 3. The molecule has 352 valence electrons. The second-order valence-electron chi connectivity index (χ2n) is 17.1. The van der Waals surface area contributed by atoms with Gasteiger partial charge in [-0.1, -0.05) is 210 Å². The van der Waals surface area contributed by atoms with E-state index >= 15 is 0 Å². The van der Waals surface area contributed by atoms with Gasteiger partial charge in [0.15, 0.2) is 6.10 Å². The minimum absolute atomic E-state index is 0.0825. The zero-order chi connectivity index (χ0) is 44.4. The highest BCUT2D eigenvalue weighted by molar-refractivity contribution is 5.71. The molecule has 0 aromatic carbocycles. The Kier molecular flexibility index (Phi) is 47.4. The van der Waals surface area contributed by atoms with Crippen LogP contribution in [-0.4, -0.2) is 37.2 Å². The molecular formula is C55H96O6. The topological polar surface area (TPSA) is 78.9 Å². The predicted octanol–water partition coefficient (Wildman–Crippen LogP) is 16.9. The number of ether oxygens (including phenoxy) is 3. The lowest BCUT2D eigenvalue weighted by Gasteiger charge is -2.18. The van der Waals surface area contributed by atoms with Crippen molar-refractivity contribution < 1.29 is 28.6 Å². The maximum absolute atomic E-state index is 12.8. The van der Waals surface area contributed by atoms with E-state index in [1.165, 1.54) is 103 Å². The van der Waals surface area contributed by atoms with Crippen LogP contribution in [0.5, 0.6) is 0 Å². The van der Waals surface area contributed by atoms with E-state index in [4.69, 9.17) is 14.2 Å². The first-order valence-electron chi connectivity index (χ1n) is 25.8. The van der Waals surface area contributed by atoms with Gasteiger partial charge < -0.3 is 14.2 Å². The molecule has 0 heterocycles. The Morgan fingerprint density at radius 1 is 0.344 bits per heavy atom. The van der Waals surface area contributed by atoms with Crippen molar-refractivity contribution in [1.82, 2.24) is 0 Å². The van der Waals surface area contributed by atoms with Crippen LogP contribution in [0.2, 0.25) is 0 Å². The molecule has 0 bridgehead atoms. The number of hydrogen-bond acceptors (Lipinski definition) is 6. The standard InChI is InChI=1S/C55H96O6/c1-4-7-10-13-16-19-22-24-26-27-28-30-31-33-36-39-42-45-48-54(57)60-51-52(50-59-53(56)47-44-41-38-35-21-18-15-12-9-6-3)61-55(58)49-46-43-40-37-34-32-29-25-23-20-17-14-11-8-5-2/h8,11,17,19-20,22,25-27,29,52H,4-7,9-10,12-16,18,21,23-24,28,30-51H2,1-3H3/b11-8-,20-17-,22-19-,27-26-,29-25-. The Morgan fingerprint density at radius 2 is 0.639 bits per heavy atom. The average molecular weight is 853 g/mol. The Labute approximate surface area is 377 Å². The number of unbranched alkanes of at least 4 members (excludes halogenated alkanes) is 25. The van der Waals surface area contributed by atoms with E-state index in [0.29, 0.717) is 19.3 Å². The maximum Gasteiger partial charge on any atom is 0.306 e. The van der Waals surface area contributed by atoms with Crippen molar-refractivity contribution in [3.8, 4) is 0 Å². The summed E-state index contributed by atoms with van der Waals surface area (Å²) in [6, 6.07) is 0. The van der Waals surface area contributed by atoms with Crippen LogP contribution in [0.25, 0.3) is 0 Å². The summed E-state index contributed by atoms with van der Waals surface area (Å²) >= 11 is 0. The number of rotatable bonds is 46. The molecule has 1 unspecified atom stereocenters. The molecule has 0 aromatic heterocycles. The second-order valence-corrected chi connectivity index (χ2v) is 17.1. The number of carbonyl (C=O) groups excluding carboxylic acids is 3. The molecule has 1 atom stereocenters. The van der Waals surface area contributed by atoms with Gasteiger partial charge in [-0.25, -0.2) is 0 Å². The minimum Gasteiger partial charge on any atom is -0.462 e. The molecule has 0 fully saturated rings. The SMILES string of the molecule is CC/C=C\C/C=C\C/C=C\CCCCCCCC(=O)OC(COC(=O)CCCCCCCCC/C=C\C/C=C\CCCCCC)COC(=O)CCCCCCCCCCCC. The third-order valence-electron chi connectivity index (χ3n) is 11.0. The summed E-state index contributed by atoms with van der Waals surface area (Å²) in [4.78, 5) is 37.9. The third-order valence-corrected chi connectivity index (χ3v) is 11.0. The molecule has 0 radical (unpaired) electrons. The Balaban J connectivity index is 4.37. The van der Waals surface area contributed by atoms with E-state index in [1.807, 2.05) is 0 Å². The molecule has 0 saturated carbocycles. The zero-order valence-corrected chi connectivity index (χ0v) is 40.2. The number of allylic oxidation sites excluding steroid dienone is 10. The fourth-order valence-electron chi connectivity index (χ4n) is 7.13. The summed E-state index contributed by atoms with van der Waals surface area (Å²) in [5.41, 5.74) is 0. The molecule has 0 N–H and O–H groups in total. The monoisotopic (exact) mass is 853 g/mol. The van der Waals surface area contributed by atoms with E-state index in [2.05, 4.69) is 81.5 Å². The minimum atomic E-state index is -0.783. The van der Waals surface area contributed by atoms with Gasteiger partial charge in [-0.15, -0.1) is 0 Å². The van der Waals surface area contributed by atoms with Crippen LogP contribution < -0.4 is 0 Å². The van der Waals surface area contributed by atoms with Gasteiger partial charge in [0.2, 0.25) is 0 Å². The Morgan fingerprint density at radius 3 is 1.02 bits per heavy atom. The largest absolute Gasteiger partial charge is 0.462 e. The van der Waals surface area contributed by atoms with Gasteiger partial charge in [0.1, 0.15) is 13.2 Å². The van der Waals surface area contributed by atoms with Crippen molar-refractivity contribution in [1.29, 1.82) is 0 Å². The van der Waals surface area contributed by atoms with Gasteiger partial charge in [0.25, 0.3) is 0 Å². The fraction of sp³-hybridized carbons (Fsp3) is 0.764. The Hall–Kier alpha value is -2.89. The molecular weight excluding hydrogens is 757 g/mol. The molecule has 0 amide bonds. The summed E-state index contributed by atoms with van der Waals surface area (Å²) < 4.78 is 16.8. The van der Waals surface area contributed by atoms with E-state index in [-0.39, 0.29) is 31.1 Å². The predicted molar refractivity (Wildman–Crippen MR) is 261 cm³/mol. The first-order valence-corrected chi connectivity index (χ1v) is 25.8. The van der Waals surface area contributed by atoms with Crippen LogP contribution in [0.15, 0.2) is 60.8 Å². The zero-order valence-electron chi connectivity index (χ0n) is 40.2. The summed E-state index contributed by atoms with van der Waals surface area (Å²) in [5, 5.41) is 0. The van der Waals surface area contributed by atoms with Crippen LogP contribution in [0, 0.1) is 0 Å². The first-order chi connectivity index (χ1) is 30.0. The summed E-state index contributed by atoms with van der Waals surface area (Å²) in [7, 11) is 0. The smallest absolute Gasteiger partial charge is 0.306 e. The highest BCUT2D eigenvalue weighted by Gasteiger charge is 2.19. The fourth-order valence-corrected chi connectivity index (χ4v) is 7.13. The second kappa shape index (κ2) is 49.8.